The van der Waals surface area contributed by atoms with Crippen LogP contribution in [0, 0.1) is 6.92 Å². The van der Waals surface area contributed by atoms with Gasteiger partial charge in [0.1, 0.15) is 5.82 Å². The molecule has 0 spiro atoms. The predicted octanol–water partition coefficient (Wildman–Crippen LogP) is 2.63. The summed E-state index contributed by atoms with van der Waals surface area (Å²) in [5.41, 5.74) is 3.29. The summed E-state index contributed by atoms with van der Waals surface area (Å²) < 4.78 is 0. The fourth-order valence-electron chi connectivity index (χ4n) is 4.83. The summed E-state index contributed by atoms with van der Waals surface area (Å²) in [6, 6.07) is 12.9. The minimum Gasteiger partial charge on any atom is -0.395 e. The van der Waals surface area contributed by atoms with Gasteiger partial charge in [0.05, 0.1) is 6.61 Å². The maximum Gasteiger partial charge on any atom is 0.324 e. The maximum atomic E-state index is 13.2. The van der Waals surface area contributed by atoms with E-state index in [9.17, 15) is 9.90 Å². The molecule has 2 aliphatic heterocycles. The van der Waals surface area contributed by atoms with E-state index < -0.39 is 0 Å². The van der Waals surface area contributed by atoms with Crippen LogP contribution in [0.4, 0.5) is 16.3 Å². The summed E-state index contributed by atoms with van der Waals surface area (Å²) >= 11 is 0. The molecule has 0 radical (unpaired) electrons. The molecule has 2 saturated heterocycles. The first-order chi connectivity index (χ1) is 16.4. The monoisotopic (exact) mass is 466 g/mol. The van der Waals surface area contributed by atoms with E-state index >= 15 is 0 Å². The van der Waals surface area contributed by atoms with E-state index in [1.165, 1.54) is 11.1 Å². The molecule has 184 valence electrons. The van der Waals surface area contributed by atoms with Crippen LogP contribution in [0.3, 0.4) is 0 Å². The Labute approximate surface area is 203 Å². The second-order valence-electron chi connectivity index (χ2n) is 9.69. The molecule has 2 aliphatic rings. The Morgan fingerprint density at radius 3 is 2.71 bits per heavy atom. The summed E-state index contributed by atoms with van der Waals surface area (Å²) in [4.78, 5) is 25.9. The first-order valence-corrected chi connectivity index (χ1v) is 12.3. The molecule has 1 aromatic heterocycles. The molecule has 1 atom stereocenters. The molecule has 2 amide bonds. The van der Waals surface area contributed by atoms with E-state index in [1.54, 1.807) is 4.90 Å². The number of aliphatic hydroxyl groups is 1. The molecular weight excluding hydrogens is 428 g/mol. The van der Waals surface area contributed by atoms with E-state index in [-0.39, 0.29) is 18.7 Å². The summed E-state index contributed by atoms with van der Waals surface area (Å²) in [6.07, 6.45) is 3.64. The third-order valence-corrected chi connectivity index (χ3v) is 7.10. The zero-order valence-corrected chi connectivity index (χ0v) is 20.7. The van der Waals surface area contributed by atoms with Crippen molar-refractivity contribution >= 4 is 17.5 Å². The fourth-order valence-corrected chi connectivity index (χ4v) is 4.83. The predicted molar refractivity (Wildman–Crippen MR) is 136 cm³/mol. The van der Waals surface area contributed by atoms with E-state index in [0.717, 1.165) is 63.6 Å². The Morgan fingerprint density at radius 1 is 1.18 bits per heavy atom. The number of likely N-dealkylation sites (N-methyl/N-ethyl adjacent to an activating group) is 1. The van der Waals surface area contributed by atoms with Crippen molar-refractivity contribution in [1.82, 2.24) is 19.7 Å². The smallest absolute Gasteiger partial charge is 0.324 e. The van der Waals surface area contributed by atoms with Crippen LogP contribution in [-0.4, -0.2) is 96.3 Å². The molecule has 2 N–H and O–H groups in total. The number of rotatable bonds is 6. The molecule has 0 aliphatic carbocycles. The topological polar surface area (TPSA) is 75.2 Å². The van der Waals surface area contributed by atoms with Gasteiger partial charge in [-0.1, -0.05) is 12.1 Å². The number of urea groups is 1. The van der Waals surface area contributed by atoms with E-state index in [2.05, 4.69) is 52.3 Å². The second-order valence-corrected chi connectivity index (χ2v) is 9.69. The van der Waals surface area contributed by atoms with Gasteiger partial charge in [-0.15, -0.1) is 0 Å². The lowest BCUT2D eigenvalue weighted by Crippen LogP contribution is -2.52. The molecule has 0 saturated carbocycles. The number of amides is 2. The molecule has 8 heteroatoms. The number of anilines is 2. The number of aryl methyl sites for hydroxylation is 1. The number of nitrogens with zero attached hydrogens (tertiary/aromatic N) is 5. The van der Waals surface area contributed by atoms with Crippen molar-refractivity contribution in [2.75, 3.05) is 63.6 Å². The van der Waals surface area contributed by atoms with Gasteiger partial charge in [0.2, 0.25) is 0 Å². The molecule has 2 fully saturated rings. The van der Waals surface area contributed by atoms with Crippen molar-refractivity contribution < 1.29 is 9.90 Å². The summed E-state index contributed by atoms with van der Waals surface area (Å²) in [6.45, 7) is 7.32. The van der Waals surface area contributed by atoms with Crippen LogP contribution in [0.25, 0.3) is 0 Å². The van der Waals surface area contributed by atoms with Gasteiger partial charge < -0.3 is 15.3 Å². The number of aliphatic hydroxyl groups excluding tert-OH is 1. The summed E-state index contributed by atoms with van der Waals surface area (Å²) in [5.74, 6) is 0.907. The van der Waals surface area contributed by atoms with Gasteiger partial charge in [-0.05, 0) is 62.2 Å². The Balaban J connectivity index is 1.30. The molecule has 4 rings (SSSR count). The van der Waals surface area contributed by atoms with E-state index in [4.69, 9.17) is 0 Å². The number of hydrogen-bond acceptors (Lipinski definition) is 6. The van der Waals surface area contributed by atoms with E-state index in [1.807, 2.05) is 36.3 Å². The number of aromatic nitrogens is 1. The standard InChI is InChI=1S/C26H38N6O2/c1-20-7-10-27-25(15-20)28-22-8-11-32(12-9-22)26(34)30(3)23-6-4-5-21(16-23)17-31-14-13-29(2)24(18-31)19-33/h4-7,10,15-16,22,24,33H,8-9,11-14,17-19H2,1-3H3,(H,27,28). The number of nitrogens with one attached hydrogen (secondary N) is 1. The molecule has 1 unspecified atom stereocenters. The van der Waals surface area contributed by atoms with Crippen LogP contribution in [0.5, 0.6) is 0 Å². The Kier molecular flexibility index (Phi) is 8.03. The normalized spacial score (nSPS) is 20.4. The quantitative estimate of drug-likeness (QED) is 0.682. The average Bonchev–Trinajstić information content (AvgIpc) is 2.85. The summed E-state index contributed by atoms with van der Waals surface area (Å²) in [7, 11) is 3.93. The minimum absolute atomic E-state index is 0.0456. The lowest BCUT2D eigenvalue weighted by molar-refractivity contribution is 0.0540. The van der Waals surface area contributed by atoms with Crippen LogP contribution < -0.4 is 10.2 Å². The van der Waals surface area contributed by atoms with Gasteiger partial charge in [0, 0.05) is 70.3 Å². The van der Waals surface area contributed by atoms with Crippen LogP contribution in [0.15, 0.2) is 42.6 Å². The van der Waals surface area contributed by atoms with Gasteiger partial charge in [-0.3, -0.25) is 14.7 Å². The van der Waals surface area contributed by atoms with Crippen LogP contribution >= 0.6 is 0 Å². The molecule has 3 heterocycles. The largest absolute Gasteiger partial charge is 0.395 e. The van der Waals surface area contributed by atoms with Crippen molar-refractivity contribution in [3.05, 3.63) is 53.7 Å². The van der Waals surface area contributed by atoms with Crippen molar-refractivity contribution in [3.63, 3.8) is 0 Å². The number of carbonyl (C=O) groups is 1. The Bertz CT molecular complexity index is 962. The highest BCUT2D eigenvalue weighted by molar-refractivity contribution is 5.91. The molecule has 8 nitrogen and oxygen atoms in total. The third kappa shape index (κ3) is 6.05. The average molecular weight is 467 g/mol. The molecule has 0 bridgehead atoms. The number of piperidine rings is 1. The third-order valence-electron chi connectivity index (χ3n) is 7.10. The van der Waals surface area contributed by atoms with Gasteiger partial charge in [-0.25, -0.2) is 9.78 Å². The maximum absolute atomic E-state index is 13.2. The Hall–Kier alpha value is -2.68. The number of likely N-dealkylation sites (tertiary alicyclic amines) is 1. The number of piperazine rings is 1. The van der Waals surface area contributed by atoms with E-state index in [0.29, 0.717) is 6.04 Å². The van der Waals surface area contributed by atoms with Crippen molar-refractivity contribution in [3.8, 4) is 0 Å². The molecular formula is C26H38N6O2. The first-order valence-electron chi connectivity index (χ1n) is 12.3. The van der Waals surface area contributed by atoms with Crippen molar-refractivity contribution in [2.24, 2.45) is 0 Å². The van der Waals surface area contributed by atoms with Crippen molar-refractivity contribution in [1.29, 1.82) is 0 Å². The molecule has 2 aromatic rings. The highest BCUT2D eigenvalue weighted by atomic mass is 16.3. The number of pyridine rings is 1. The number of benzene rings is 1. The Morgan fingerprint density at radius 2 is 1.97 bits per heavy atom. The number of carbonyl (C=O) groups excluding carboxylic acids is 1. The van der Waals surface area contributed by atoms with Crippen molar-refractivity contribution in [2.45, 2.75) is 38.4 Å². The van der Waals surface area contributed by atoms with Gasteiger partial charge in [-0.2, -0.15) is 0 Å². The van der Waals surface area contributed by atoms with Crippen LogP contribution in [-0.2, 0) is 6.54 Å². The highest BCUT2D eigenvalue weighted by Gasteiger charge is 2.26. The first kappa shape index (κ1) is 24.4. The molecule has 1 aromatic carbocycles. The van der Waals surface area contributed by atoms with Gasteiger partial charge in [0.15, 0.2) is 0 Å². The highest BCUT2D eigenvalue weighted by Crippen LogP contribution is 2.22. The number of hydrogen-bond donors (Lipinski definition) is 2. The fraction of sp³-hybridized carbons (Fsp3) is 0.538. The lowest BCUT2D eigenvalue weighted by atomic mass is 10.1. The zero-order chi connectivity index (χ0) is 24.1. The van der Waals surface area contributed by atoms with Crippen LogP contribution in [0.1, 0.15) is 24.0 Å². The molecule has 34 heavy (non-hydrogen) atoms. The lowest BCUT2D eigenvalue weighted by Gasteiger charge is -2.38. The second kappa shape index (κ2) is 11.2. The minimum atomic E-state index is 0.0456. The SMILES string of the molecule is Cc1ccnc(NC2CCN(C(=O)N(C)c3cccc(CN4CCN(C)C(CO)C4)c3)CC2)c1. The zero-order valence-electron chi connectivity index (χ0n) is 20.7. The summed E-state index contributed by atoms with van der Waals surface area (Å²) in [5, 5.41) is 13.1. The van der Waals surface area contributed by atoms with Gasteiger partial charge >= 0.3 is 6.03 Å². The van der Waals surface area contributed by atoms with Gasteiger partial charge in [0.25, 0.3) is 0 Å². The van der Waals surface area contributed by atoms with Crippen LogP contribution in [0.2, 0.25) is 0 Å².